The predicted molar refractivity (Wildman–Crippen MR) is 117 cm³/mol. The van der Waals surface area contributed by atoms with Crippen molar-refractivity contribution in [3.05, 3.63) is 99.1 Å². The normalized spacial score (nSPS) is 11.2. The number of hydrogen-bond donors (Lipinski definition) is 2. The molecule has 0 unspecified atom stereocenters. The highest BCUT2D eigenvalue weighted by atomic mass is 32.2. The number of sulfonamides is 1. The Hall–Kier alpha value is -3.56. The van der Waals surface area contributed by atoms with Gasteiger partial charge < -0.3 is 5.32 Å². The van der Waals surface area contributed by atoms with E-state index < -0.39 is 20.9 Å². The fourth-order valence-electron chi connectivity index (χ4n) is 2.92. The minimum Gasteiger partial charge on any atom is -0.321 e. The van der Waals surface area contributed by atoms with Gasteiger partial charge in [0.05, 0.1) is 15.5 Å². The summed E-state index contributed by atoms with van der Waals surface area (Å²) < 4.78 is 27.9. The average Bonchev–Trinajstić information content (AvgIpc) is 2.74. The zero-order valence-corrected chi connectivity index (χ0v) is 17.8. The second-order valence-corrected chi connectivity index (χ2v) is 8.76. The van der Waals surface area contributed by atoms with Crippen molar-refractivity contribution in [1.82, 2.24) is 4.72 Å². The molecule has 3 aromatic carbocycles. The SMILES string of the molecule is Cc1ccc([N+](=O)[O-])cc1NC(=O)c1cc(S(=O)(=O)NCc2ccccc2)ccc1C. The molecule has 31 heavy (non-hydrogen) atoms. The third-order valence-corrected chi connectivity index (χ3v) is 6.15. The van der Waals surface area contributed by atoms with Crippen LogP contribution in [0.4, 0.5) is 11.4 Å². The van der Waals surface area contributed by atoms with E-state index in [2.05, 4.69) is 10.0 Å². The van der Waals surface area contributed by atoms with Crippen LogP contribution in [0.15, 0.2) is 71.6 Å². The number of nitro groups is 1. The number of carbonyl (C=O) groups is 1. The highest BCUT2D eigenvalue weighted by Crippen LogP contribution is 2.24. The summed E-state index contributed by atoms with van der Waals surface area (Å²) in [4.78, 5) is 23.2. The van der Waals surface area contributed by atoms with E-state index in [-0.39, 0.29) is 28.4 Å². The minimum atomic E-state index is -3.85. The predicted octanol–water partition coefficient (Wildman–Crippen LogP) is 3.94. The molecule has 160 valence electrons. The maximum absolute atomic E-state index is 12.8. The van der Waals surface area contributed by atoms with Gasteiger partial charge in [0.15, 0.2) is 0 Å². The molecule has 0 aliphatic heterocycles. The summed E-state index contributed by atoms with van der Waals surface area (Å²) in [6, 6.07) is 17.5. The number of benzene rings is 3. The standard InChI is InChI=1S/C22H21N3O5S/c1-15-9-11-19(31(29,30)23-14-17-6-4-3-5-7-17)13-20(15)22(26)24-21-12-18(25(27)28)10-8-16(21)2/h3-13,23H,14H2,1-2H3,(H,24,26). The lowest BCUT2D eigenvalue weighted by Crippen LogP contribution is -2.24. The van der Waals surface area contributed by atoms with Gasteiger partial charge in [-0.2, -0.15) is 0 Å². The Morgan fingerprint density at radius 1 is 0.968 bits per heavy atom. The van der Waals surface area contributed by atoms with Gasteiger partial charge in [0.25, 0.3) is 11.6 Å². The molecule has 3 aromatic rings. The summed E-state index contributed by atoms with van der Waals surface area (Å²) in [5, 5.41) is 13.7. The molecular weight excluding hydrogens is 418 g/mol. The van der Waals surface area contributed by atoms with E-state index in [4.69, 9.17) is 0 Å². The first kappa shape index (κ1) is 22.1. The van der Waals surface area contributed by atoms with E-state index in [1.54, 1.807) is 32.0 Å². The number of non-ortho nitro benzene ring substituents is 1. The van der Waals surface area contributed by atoms with Crippen LogP contribution in [0.5, 0.6) is 0 Å². The molecule has 0 aromatic heterocycles. The second kappa shape index (κ2) is 9.07. The van der Waals surface area contributed by atoms with Crippen molar-refractivity contribution in [2.75, 3.05) is 5.32 Å². The minimum absolute atomic E-state index is 0.0463. The number of carbonyl (C=O) groups excluding carboxylic acids is 1. The van der Waals surface area contributed by atoms with Crippen molar-refractivity contribution in [2.24, 2.45) is 0 Å². The summed E-state index contributed by atoms with van der Waals surface area (Å²) in [5.74, 6) is -0.554. The number of nitrogens with zero attached hydrogens (tertiary/aromatic N) is 1. The van der Waals surface area contributed by atoms with Gasteiger partial charge in [0.1, 0.15) is 0 Å². The molecule has 8 nitrogen and oxygen atoms in total. The lowest BCUT2D eigenvalue weighted by molar-refractivity contribution is -0.384. The molecule has 0 saturated carbocycles. The van der Waals surface area contributed by atoms with Crippen molar-refractivity contribution >= 4 is 27.3 Å². The van der Waals surface area contributed by atoms with E-state index >= 15 is 0 Å². The molecule has 0 heterocycles. The number of nitrogens with one attached hydrogen (secondary N) is 2. The van der Waals surface area contributed by atoms with Gasteiger partial charge >= 0.3 is 0 Å². The van der Waals surface area contributed by atoms with Gasteiger partial charge in [-0.15, -0.1) is 0 Å². The maximum atomic E-state index is 12.8. The number of rotatable bonds is 7. The molecule has 9 heteroatoms. The molecule has 0 spiro atoms. The van der Waals surface area contributed by atoms with Gasteiger partial charge in [-0.25, -0.2) is 13.1 Å². The molecule has 0 bridgehead atoms. The lowest BCUT2D eigenvalue weighted by Gasteiger charge is -2.12. The van der Waals surface area contributed by atoms with E-state index in [0.29, 0.717) is 11.1 Å². The Kier molecular flexibility index (Phi) is 6.47. The fourth-order valence-corrected chi connectivity index (χ4v) is 3.96. The van der Waals surface area contributed by atoms with Crippen molar-refractivity contribution in [3.63, 3.8) is 0 Å². The largest absolute Gasteiger partial charge is 0.321 e. The molecule has 1 amide bonds. The smallest absolute Gasteiger partial charge is 0.271 e. The van der Waals surface area contributed by atoms with Gasteiger partial charge in [-0.1, -0.05) is 42.5 Å². The van der Waals surface area contributed by atoms with Crippen LogP contribution in [0, 0.1) is 24.0 Å². The molecule has 0 saturated heterocycles. The Morgan fingerprint density at radius 2 is 1.65 bits per heavy atom. The van der Waals surface area contributed by atoms with Crippen LogP contribution in [0.2, 0.25) is 0 Å². The van der Waals surface area contributed by atoms with Gasteiger partial charge in [-0.3, -0.25) is 14.9 Å². The summed E-state index contributed by atoms with van der Waals surface area (Å²) >= 11 is 0. The zero-order chi connectivity index (χ0) is 22.6. The fraction of sp³-hybridized carbons (Fsp3) is 0.136. The van der Waals surface area contributed by atoms with Crippen LogP contribution in [0.3, 0.4) is 0 Å². The van der Waals surface area contributed by atoms with Gasteiger partial charge in [0, 0.05) is 24.2 Å². The van der Waals surface area contributed by atoms with Crippen LogP contribution in [-0.4, -0.2) is 19.2 Å². The van der Waals surface area contributed by atoms with E-state index in [1.165, 1.54) is 30.3 Å². The first-order valence-corrected chi connectivity index (χ1v) is 10.9. The number of nitro benzene ring substituents is 1. The molecule has 0 aliphatic rings. The second-order valence-electron chi connectivity index (χ2n) is 7.00. The van der Waals surface area contributed by atoms with Crippen molar-refractivity contribution < 1.29 is 18.1 Å². The number of anilines is 1. The summed E-state index contributed by atoms with van der Waals surface area (Å²) in [5.41, 5.74) is 2.31. The topological polar surface area (TPSA) is 118 Å². The van der Waals surface area contributed by atoms with Crippen molar-refractivity contribution in [3.8, 4) is 0 Å². The van der Waals surface area contributed by atoms with Crippen molar-refractivity contribution in [2.45, 2.75) is 25.3 Å². The third kappa shape index (κ3) is 5.33. The molecule has 0 aliphatic carbocycles. The Labute approximate surface area is 180 Å². The Balaban J connectivity index is 1.84. The number of aryl methyl sites for hydroxylation is 2. The monoisotopic (exact) mass is 439 g/mol. The maximum Gasteiger partial charge on any atom is 0.271 e. The molecule has 0 fully saturated rings. The average molecular weight is 439 g/mol. The molecule has 3 rings (SSSR count). The van der Waals surface area contributed by atoms with E-state index in [1.807, 2.05) is 18.2 Å². The molecule has 2 N–H and O–H groups in total. The van der Waals surface area contributed by atoms with Gasteiger partial charge in [0.2, 0.25) is 10.0 Å². The zero-order valence-electron chi connectivity index (χ0n) is 17.0. The highest BCUT2D eigenvalue weighted by molar-refractivity contribution is 7.89. The van der Waals surface area contributed by atoms with Crippen LogP contribution >= 0.6 is 0 Å². The Bertz CT molecular complexity index is 1240. The first-order chi connectivity index (χ1) is 14.7. The van der Waals surface area contributed by atoms with E-state index in [9.17, 15) is 23.3 Å². The third-order valence-electron chi connectivity index (χ3n) is 4.75. The number of amides is 1. The summed E-state index contributed by atoms with van der Waals surface area (Å²) in [7, 11) is -3.85. The Morgan fingerprint density at radius 3 is 2.32 bits per heavy atom. The number of hydrogen-bond acceptors (Lipinski definition) is 5. The van der Waals surface area contributed by atoms with E-state index in [0.717, 1.165) is 5.56 Å². The van der Waals surface area contributed by atoms with Crippen LogP contribution in [-0.2, 0) is 16.6 Å². The first-order valence-electron chi connectivity index (χ1n) is 9.38. The van der Waals surface area contributed by atoms with Crippen molar-refractivity contribution in [1.29, 1.82) is 0 Å². The van der Waals surface area contributed by atoms with Gasteiger partial charge in [-0.05, 0) is 42.7 Å². The molecule has 0 radical (unpaired) electrons. The quantitative estimate of drug-likeness (QED) is 0.427. The highest BCUT2D eigenvalue weighted by Gasteiger charge is 2.19. The van der Waals surface area contributed by atoms with Crippen LogP contribution < -0.4 is 10.0 Å². The summed E-state index contributed by atoms with van der Waals surface area (Å²) in [6.07, 6.45) is 0. The molecular formula is C22H21N3O5S. The van der Waals surface area contributed by atoms with Crippen LogP contribution in [0.25, 0.3) is 0 Å². The molecule has 0 atom stereocenters. The lowest BCUT2D eigenvalue weighted by atomic mass is 10.1. The summed E-state index contributed by atoms with van der Waals surface area (Å²) in [6.45, 7) is 3.51. The van der Waals surface area contributed by atoms with Crippen LogP contribution in [0.1, 0.15) is 27.0 Å².